The van der Waals surface area contributed by atoms with E-state index in [0.29, 0.717) is 10.9 Å². The summed E-state index contributed by atoms with van der Waals surface area (Å²) in [6, 6.07) is 27.6. The van der Waals surface area contributed by atoms with Gasteiger partial charge in [0.05, 0.1) is 7.11 Å². The molecule has 5 rings (SSSR count). The number of nitrogens with one attached hydrogen (secondary N) is 1. The minimum absolute atomic E-state index is 0.259. The topological polar surface area (TPSA) is 85.3 Å². The average Bonchev–Trinajstić information content (AvgIpc) is 3.54. The molecule has 0 amide bonds. The molecular weight excluding hydrogens is 446 g/mol. The van der Waals surface area contributed by atoms with Gasteiger partial charge in [0, 0.05) is 17.3 Å². The van der Waals surface area contributed by atoms with Gasteiger partial charge in [0.1, 0.15) is 23.7 Å². The molecule has 0 aliphatic rings. The fraction of sp³-hybridized carbons (Fsp3) is 0.0769. The lowest BCUT2D eigenvalue weighted by atomic mass is 10.1. The Balaban J connectivity index is 1.35. The normalized spacial score (nSPS) is 11.1. The summed E-state index contributed by atoms with van der Waals surface area (Å²) in [5.74, 6) is 1.48. The number of benzene rings is 3. The molecule has 0 bridgehead atoms. The highest BCUT2D eigenvalue weighted by atomic mass is 32.1. The van der Waals surface area contributed by atoms with E-state index in [1.165, 1.54) is 11.3 Å². The summed E-state index contributed by atoms with van der Waals surface area (Å²) >= 11 is 1.38. The van der Waals surface area contributed by atoms with E-state index in [2.05, 4.69) is 25.4 Å². The van der Waals surface area contributed by atoms with Crippen molar-refractivity contribution in [2.75, 3.05) is 7.11 Å². The molecule has 5 aromatic rings. The molecule has 0 aliphatic heterocycles. The first-order chi connectivity index (χ1) is 16.8. The van der Waals surface area contributed by atoms with E-state index in [0.717, 1.165) is 38.8 Å². The predicted molar refractivity (Wildman–Crippen MR) is 134 cm³/mol. The van der Waals surface area contributed by atoms with Gasteiger partial charge in [-0.3, -0.25) is 5.10 Å². The second-order valence-electron chi connectivity index (χ2n) is 7.31. The molecule has 2 aromatic heterocycles. The molecular formula is C26H21N5O2S. The second kappa shape index (κ2) is 10.1. The zero-order valence-electron chi connectivity index (χ0n) is 18.4. The van der Waals surface area contributed by atoms with Gasteiger partial charge in [-0.2, -0.15) is 5.10 Å². The van der Waals surface area contributed by atoms with Crippen molar-refractivity contribution in [3.8, 4) is 34.0 Å². The highest BCUT2D eigenvalue weighted by molar-refractivity contribution is 7.14. The molecule has 0 aliphatic carbocycles. The molecule has 0 spiro atoms. The molecule has 0 unspecified atom stereocenters. The Labute approximate surface area is 200 Å². The molecule has 7 nitrogen and oxygen atoms in total. The summed E-state index contributed by atoms with van der Waals surface area (Å²) in [6.45, 7) is 0.259. The van der Waals surface area contributed by atoms with Crippen LogP contribution in [-0.4, -0.2) is 33.7 Å². The summed E-state index contributed by atoms with van der Waals surface area (Å²) in [7, 11) is 1.64. The summed E-state index contributed by atoms with van der Waals surface area (Å²) in [6.07, 6.45) is 1.75. The lowest BCUT2D eigenvalue weighted by Crippen LogP contribution is -1.97. The molecule has 0 radical (unpaired) electrons. The second-order valence-corrected chi connectivity index (χ2v) is 8.35. The lowest BCUT2D eigenvalue weighted by Gasteiger charge is -2.08. The summed E-state index contributed by atoms with van der Waals surface area (Å²) < 4.78 is 11.4. The maximum atomic E-state index is 6.25. The van der Waals surface area contributed by atoms with E-state index < -0.39 is 0 Å². The molecule has 1 N–H and O–H groups in total. The Hall–Kier alpha value is -4.30. The van der Waals surface area contributed by atoms with Gasteiger partial charge in [-0.15, -0.1) is 10.2 Å². The Morgan fingerprint density at radius 1 is 0.882 bits per heavy atom. The SMILES string of the molecule is COc1ccc(/C=N/c2nnc(COc3c(-c4ccccc4)n[nH]c3-c3ccccc3)s2)cc1. The van der Waals surface area contributed by atoms with Gasteiger partial charge in [-0.25, -0.2) is 4.99 Å². The van der Waals surface area contributed by atoms with E-state index >= 15 is 0 Å². The van der Waals surface area contributed by atoms with E-state index in [-0.39, 0.29) is 6.61 Å². The molecule has 0 saturated carbocycles. The fourth-order valence-electron chi connectivity index (χ4n) is 3.37. The van der Waals surface area contributed by atoms with Crippen LogP contribution >= 0.6 is 11.3 Å². The minimum atomic E-state index is 0.259. The van der Waals surface area contributed by atoms with Gasteiger partial charge in [0.15, 0.2) is 10.8 Å². The average molecular weight is 468 g/mol. The Morgan fingerprint density at radius 3 is 2.29 bits per heavy atom. The van der Waals surface area contributed by atoms with Crippen LogP contribution in [0.4, 0.5) is 5.13 Å². The zero-order valence-corrected chi connectivity index (χ0v) is 19.2. The highest BCUT2D eigenvalue weighted by Crippen LogP contribution is 2.37. The van der Waals surface area contributed by atoms with Gasteiger partial charge in [-0.05, 0) is 29.8 Å². The fourth-order valence-corrected chi connectivity index (χ4v) is 3.97. The molecule has 0 saturated heterocycles. The van der Waals surface area contributed by atoms with E-state index in [9.17, 15) is 0 Å². The van der Waals surface area contributed by atoms with Crippen LogP contribution in [0.15, 0.2) is 89.9 Å². The number of rotatable bonds is 8. The van der Waals surface area contributed by atoms with Gasteiger partial charge >= 0.3 is 0 Å². The number of ether oxygens (including phenoxy) is 2. The van der Waals surface area contributed by atoms with Crippen molar-refractivity contribution in [2.45, 2.75) is 6.61 Å². The summed E-state index contributed by atoms with van der Waals surface area (Å²) in [5, 5.41) is 17.4. The van der Waals surface area contributed by atoms with Gasteiger partial charge in [-0.1, -0.05) is 72.0 Å². The van der Waals surface area contributed by atoms with Crippen molar-refractivity contribution in [1.82, 2.24) is 20.4 Å². The standard InChI is InChI=1S/C26H21N5O2S/c1-32-21-14-12-18(13-15-21)16-27-26-31-28-22(34-26)17-33-25-23(19-8-4-2-5-9-19)29-30-24(25)20-10-6-3-7-11-20/h2-16H,17H2,1H3,(H,29,30)/b27-16+. The third-order valence-electron chi connectivity index (χ3n) is 5.07. The number of hydrogen-bond donors (Lipinski definition) is 1. The van der Waals surface area contributed by atoms with E-state index in [1.54, 1.807) is 13.3 Å². The molecule has 0 fully saturated rings. The Bertz CT molecular complexity index is 1320. The first-order valence-corrected chi connectivity index (χ1v) is 11.4. The van der Waals surface area contributed by atoms with Gasteiger partial charge in [0.25, 0.3) is 0 Å². The molecule has 0 atom stereocenters. The number of aromatic nitrogens is 4. The van der Waals surface area contributed by atoms with E-state index in [4.69, 9.17) is 9.47 Å². The van der Waals surface area contributed by atoms with Crippen LogP contribution in [-0.2, 0) is 6.61 Å². The van der Waals surface area contributed by atoms with Crippen LogP contribution in [0, 0.1) is 0 Å². The van der Waals surface area contributed by atoms with Crippen molar-refractivity contribution >= 4 is 22.7 Å². The molecule has 34 heavy (non-hydrogen) atoms. The third-order valence-corrected chi connectivity index (χ3v) is 5.87. The van der Waals surface area contributed by atoms with Crippen LogP contribution < -0.4 is 9.47 Å². The Kier molecular flexibility index (Phi) is 6.40. The van der Waals surface area contributed by atoms with Gasteiger partial charge < -0.3 is 9.47 Å². The van der Waals surface area contributed by atoms with Gasteiger partial charge in [0.2, 0.25) is 5.13 Å². The largest absolute Gasteiger partial charge is 0.497 e. The highest BCUT2D eigenvalue weighted by Gasteiger charge is 2.18. The Morgan fingerprint density at radius 2 is 1.59 bits per heavy atom. The summed E-state index contributed by atoms with van der Waals surface area (Å²) in [5.41, 5.74) is 4.49. The zero-order chi connectivity index (χ0) is 23.2. The quantitative estimate of drug-likeness (QED) is 0.286. The predicted octanol–water partition coefficient (Wildman–Crippen LogP) is 5.93. The number of H-pyrrole nitrogens is 1. The monoisotopic (exact) mass is 467 g/mol. The maximum Gasteiger partial charge on any atom is 0.231 e. The minimum Gasteiger partial charge on any atom is -0.497 e. The van der Waals surface area contributed by atoms with Crippen molar-refractivity contribution in [1.29, 1.82) is 0 Å². The third kappa shape index (κ3) is 4.87. The smallest absolute Gasteiger partial charge is 0.231 e. The molecule has 3 aromatic carbocycles. The number of nitrogens with zero attached hydrogens (tertiary/aromatic N) is 4. The van der Waals surface area contributed by atoms with Crippen LogP contribution in [0.5, 0.6) is 11.5 Å². The maximum absolute atomic E-state index is 6.25. The first-order valence-electron chi connectivity index (χ1n) is 10.6. The number of methoxy groups -OCH3 is 1. The number of hydrogen-bond acceptors (Lipinski definition) is 7. The molecule has 168 valence electrons. The number of aliphatic imine (C=N–C) groups is 1. The van der Waals surface area contributed by atoms with Crippen LogP contribution in [0.25, 0.3) is 22.5 Å². The van der Waals surface area contributed by atoms with Crippen LogP contribution in [0.3, 0.4) is 0 Å². The van der Waals surface area contributed by atoms with Crippen molar-refractivity contribution in [3.63, 3.8) is 0 Å². The van der Waals surface area contributed by atoms with E-state index in [1.807, 2.05) is 84.9 Å². The molecule has 2 heterocycles. The van der Waals surface area contributed by atoms with Crippen LogP contribution in [0.2, 0.25) is 0 Å². The summed E-state index contributed by atoms with van der Waals surface area (Å²) in [4.78, 5) is 4.43. The van der Waals surface area contributed by atoms with Crippen molar-refractivity contribution in [3.05, 3.63) is 95.5 Å². The van der Waals surface area contributed by atoms with Crippen molar-refractivity contribution in [2.24, 2.45) is 4.99 Å². The number of aromatic amines is 1. The molecule has 8 heteroatoms. The van der Waals surface area contributed by atoms with Crippen molar-refractivity contribution < 1.29 is 9.47 Å². The first kappa shape index (κ1) is 21.5. The van der Waals surface area contributed by atoms with Crippen LogP contribution in [0.1, 0.15) is 10.6 Å². The lowest BCUT2D eigenvalue weighted by molar-refractivity contribution is 0.307.